The molecule has 1 amide bonds. The van der Waals surface area contributed by atoms with E-state index in [0.29, 0.717) is 5.75 Å². The lowest BCUT2D eigenvalue weighted by atomic mass is 10.3. The average Bonchev–Trinajstić information content (AvgIpc) is 2.81. The third-order valence-corrected chi connectivity index (χ3v) is 3.91. The zero-order valence-corrected chi connectivity index (χ0v) is 12.5. The lowest BCUT2D eigenvalue weighted by molar-refractivity contribution is -0.119. The van der Waals surface area contributed by atoms with E-state index < -0.39 is 5.91 Å². The van der Waals surface area contributed by atoms with Crippen LogP contribution in [0.2, 0.25) is 0 Å². The summed E-state index contributed by atoms with van der Waals surface area (Å²) in [6.07, 6.45) is 0. The van der Waals surface area contributed by atoms with Crippen LogP contribution < -0.4 is 15.8 Å². The van der Waals surface area contributed by atoms with Gasteiger partial charge in [0.05, 0.1) is 3.79 Å². The Hall–Kier alpha value is -1.53. The van der Waals surface area contributed by atoms with Crippen molar-refractivity contribution >= 4 is 38.9 Å². The van der Waals surface area contributed by atoms with Gasteiger partial charge >= 0.3 is 0 Å². The standard InChI is InChI=1S/C13H13BrN2O2S/c14-12-5-9(8-19-12)6-16-10-1-3-11(4-2-10)18-7-13(15)17/h1-5,8,16H,6-7H2,(H2,15,17). The Labute approximate surface area is 123 Å². The van der Waals surface area contributed by atoms with Crippen molar-refractivity contribution in [1.29, 1.82) is 0 Å². The van der Waals surface area contributed by atoms with Crippen molar-refractivity contribution in [1.82, 2.24) is 0 Å². The normalized spacial score (nSPS) is 10.2. The van der Waals surface area contributed by atoms with Gasteiger partial charge in [-0.2, -0.15) is 0 Å². The number of carbonyl (C=O) groups is 1. The number of amides is 1. The van der Waals surface area contributed by atoms with E-state index in [0.717, 1.165) is 16.0 Å². The number of nitrogens with two attached hydrogens (primary N) is 1. The molecule has 100 valence electrons. The molecule has 3 N–H and O–H groups in total. The molecule has 0 saturated heterocycles. The molecule has 1 aromatic heterocycles. The van der Waals surface area contributed by atoms with Crippen LogP contribution in [0.3, 0.4) is 0 Å². The predicted molar refractivity (Wildman–Crippen MR) is 80.5 cm³/mol. The van der Waals surface area contributed by atoms with Crippen molar-refractivity contribution < 1.29 is 9.53 Å². The van der Waals surface area contributed by atoms with Gasteiger partial charge in [-0.05, 0) is 57.2 Å². The molecule has 0 fully saturated rings. The van der Waals surface area contributed by atoms with Crippen molar-refractivity contribution in [3.05, 3.63) is 45.1 Å². The maximum Gasteiger partial charge on any atom is 0.255 e. The quantitative estimate of drug-likeness (QED) is 0.849. The van der Waals surface area contributed by atoms with Crippen molar-refractivity contribution in [3.8, 4) is 5.75 Å². The monoisotopic (exact) mass is 340 g/mol. The molecular formula is C13H13BrN2O2S. The third-order valence-electron chi connectivity index (χ3n) is 2.35. The Morgan fingerprint density at radius 2 is 2.11 bits per heavy atom. The molecule has 2 aromatic rings. The Morgan fingerprint density at radius 3 is 2.68 bits per heavy atom. The van der Waals surface area contributed by atoms with Gasteiger partial charge < -0.3 is 15.8 Å². The first kappa shape index (κ1) is 13.9. The van der Waals surface area contributed by atoms with E-state index in [-0.39, 0.29) is 6.61 Å². The molecule has 0 spiro atoms. The summed E-state index contributed by atoms with van der Waals surface area (Å²) in [6, 6.07) is 9.49. The minimum Gasteiger partial charge on any atom is -0.484 e. The molecule has 0 bridgehead atoms. The number of halogens is 1. The molecule has 19 heavy (non-hydrogen) atoms. The van der Waals surface area contributed by atoms with Crippen LogP contribution in [0.4, 0.5) is 5.69 Å². The lowest BCUT2D eigenvalue weighted by Gasteiger charge is -2.07. The predicted octanol–water partition coefficient (Wildman–Crippen LogP) is 2.99. The van der Waals surface area contributed by atoms with E-state index in [9.17, 15) is 4.79 Å². The summed E-state index contributed by atoms with van der Waals surface area (Å²) in [4.78, 5) is 10.6. The van der Waals surface area contributed by atoms with E-state index in [4.69, 9.17) is 10.5 Å². The van der Waals surface area contributed by atoms with Gasteiger partial charge in [-0.15, -0.1) is 11.3 Å². The molecule has 0 aliphatic rings. The SMILES string of the molecule is NC(=O)COc1ccc(NCc2csc(Br)c2)cc1. The summed E-state index contributed by atoms with van der Waals surface area (Å²) in [5.74, 6) is 0.146. The van der Waals surface area contributed by atoms with Gasteiger partial charge in [0.25, 0.3) is 5.91 Å². The third kappa shape index (κ3) is 4.57. The fraction of sp³-hybridized carbons (Fsp3) is 0.154. The summed E-state index contributed by atoms with van der Waals surface area (Å²) < 4.78 is 6.31. The van der Waals surface area contributed by atoms with Gasteiger partial charge in [0.15, 0.2) is 6.61 Å². The lowest BCUT2D eigenvalue weighted by Crippen LogP contribution is -2.19. The second-order valence-electron chi connectivity index (χ2n) is 3.89. The fourth-order valence-corrected chi connectivity index (χ4v) is 2.68. The fourth-order valence-electron chi connectivity index (χ4n) is 1.47. The molecule has 6 heteroatoms. The average molecular weight is 341 g/mol. The Kier molecular flexibility index (Phi) is 4.81. The second-order valence-corrected chi connectivity index (χ2v) is 6.18. The van der Waals surface area contributed by atoms with Crippen LogP contribution in [0.5, 0.6) is 5.75 Å². The largest absolute Gasteiger partial charge is 0.484 e. The van der Waals surface area contributed by atoms with Crippen molar-refractivity contribution in [3.63, 3.8) is 0 Å². The number of anilines is 1. The highest BCUT2D eigenvalue weighted by atomic mass is 79.9. The number of hydrogen-bond acceptors (Lipinski definition) is 4. The van der Waals surface area contributed by atoms with Crippen molar-refractivity contribution in [2.45, 2.75) is 6.54 Å². The topological polar surface area (TPSA) is 64.4 Å². The van der Waals surface area contributed by atoms with E-state index in [2.05, 4.69) is 32.7 Å². The highest BCUT2D eigenvalue weighted by Crippen LogP contribution is 2.22. The van der Waals surface area contributed by atoms with E-state index in [1.807, 2.05) is 12.1 Å². The Balaban J connectivity index is 1.86. The van der Waals surface area contributed by atoms with Gasteiger partial charge in [-0.25, -0.2) is 0 Å². The van der Waals surface area contributed by atoms with E-state index >= 15 is 0 Å². The number of thiophene rings is 1. The van der Waals surface area contributed by atoms with Crippen LogP contribution >= 0.6 is 27.3 Å². The smallest absolute Gasteiger partial charge is 0.255 e. The molecule has 2 rings (SSSR count). The molecule has 0 unspecified atom stereocenters. The summed E-state index contributed by atoms with van der Waals surface area (Å²) >= 11 is 5.10. The summed E-state index contributed by atoms with van der Waals surface area (Å²) in [7, 11) is 0. The first-order valence-corrected chi connectivity index (χ1v) is 7.29. The van der Waals surface area contributed by atoms with E-state index in [1.165, 1.54) is 5.56 Å². The molecule has 0 saturated carbocycles. The van der Waals surface area contributed by atoms with Gasteiger partial charge in [-0.3, -0.25) is 4.79 Å². The van der Waals surface area contributed by atoms with Crippen molar-refractivity contribution in [2.75, 3.05) is 11.9 Å². The molecule has 0 radical (unpaired) electrons. The molecular weight excluding hydrogens is 328 g/mol. The highest BCUT2D eigenvalue weighted by Gasteiger charge is 2.00. The van der Waals surface area contributed by atoms with Gasteiger partial charge in [0.1, 0.15) is 5.75 Å². The number of primary amides is 1. The van der Waals surface area contributed by atoms with Crippen LogP contribution in [0, 0.1) is 0 Å². The van der Waals surface area contributed by atoms with Gasteiger partial charge in [0.2, 0.25) is 0 Å². The number of nitrogens with one attached hydrogen (secondary N) is 1. The Bertz CT molecular complexity index is 554. The van der Waals surface area contributed by atoms with Gasteiger partial charge in [-0.1, -0.05) is 0 Å². The summed E-state index contributed by atoms with van der Waals surface area (Å²) in [6.45, 7) is 0.666. The van der Waals surface area contributed by atoms with Crippen LogP contribution in [-0.2, 0) is 11.3 Å². The molecule has 0 atom stereocenters. The molecule has 4 nitrogen and oxygen atoms in total. The van der Waals surface area contributed by atoms with Crippen LogP contribution in [0.25, 0.3) is 0 Å². The first-order chi connectivity index (χ1) is 9.13. The maximum atomic E-state index is 10.6. The molecule has 1 aromatic carbocycles. The number of carbonyl (C=O) groups excluding carboxylic acids is 1. The second kappa shape index (κ2) is 6.58. The van der Waals surface area contributed by atoms with Crippen LogP contribution in [-0.4, -0.2) is 12.5 Å². The maximum absolute atomic E-state index is 10.6. The highest BCUT2D eigenvalue weighted by molar-refractivity contribution is 9.11. The zero-order valence-electron chi connectivity index (χ0n) is 10.1. The first-order valence-electron chi connectivity index (χ1n) is 5.61. The van der Waals surface area contributed by atoms with Gasteiger partial charge in [0, 0.05) is 12.2 Å². The molecule has 0 aliphatic heterocycles. The van der Waals surface area contributed by atoms with E-state index in [1.54, 1.807) is 23.5 Å². The number of benzene rings is 1. The molecule has 0 aliphatic carbocycles. The van der Waals surface area contributed by atoms with Crippen molar-refractivity contribution in [2.24, 2.45) is 5.73 Å². The Morgan fingerprint density at radius 1 is 1.37 bits per heavy atom. The zero-order chi connectivity index (χ0) is 13.7. The van der Waals surface area contributed by atoms with Crippen LogP contribution in [0.1, 0.15) is 5.56 Å². The number of rotatable bonds is 6. The molecule has 1 heterocycles. The number of hydrogen-bond donors (Lipinski definition) is 2. The van der Waals surface area contributed by atoms with Crippen LogP contribution in [0.15, 0.2) is 39.5 Å². The minimum absolute atomic E-state index is 0.101. The minimum atomic E-state index is -0.481. The number of ether oxygens (including phenoxy) is 1. The summed E-state index contributed by atoms with van der Waals surface area (Å²) in [5, 5.41) is 5.40. The summed E-state index contributed by atoms with van der Waals surface area (Å²) in [5.41, 5.74) is 7.23.